The Bertz CT molecular complexity index is 955. The molecule has 1 spiro atoms. The first-order chi connectivity index (χ1) is 11.7. The Hall–Kier alpha value is -2.22. The highest BCUT2D eigenvalue weighted by atomic mass is 79.9. The van der Waals surface area contributed by atoms with Gasteiger partial charge in [-0.15, -0.1) is 0 Å². The van der Waals surface area contributed by atoms with Gasteiger partial charge in [0.25, 0.3) is 5.91 Å². The third-order valence-corrected chi connectivity index (χ3v) is 5.47. The second-order valence-electron chi connectivity index (χ2n) is 6.00. The first kappa shape index (κ1) is 16.3. The molecule has 2 aromatic rings. The van der Waals surface area contributed by atoms with E-state index in [1.165, 1.54) is 0 Å². The van der Waals surface area contributed by atoms with E-state index in [2.05, 4.69) is 25.9 Å². The second kappa shape index (κ2) is 5.14. The standard InChI is InChI=1S/C17H10BrF3N2O2/c18-11-3-1-2-10-8(11)6-7-16(10)13-9(14(24)23-15(16)25)4-5-12(22-13)17(19,20)21/h1-5H,6-7H2,(H,23,24,25). The number of hydrogen-bond donors (Lipinski definition) is 1. The Morgan fingerprint density at radius 3 is 2.68 bits per heavy atom. The number of carbonyl (C=O) groups is 1. The highest BCUT2D eigenvalue weighted by molar-refractivity contribution is 9.10. The zero-order valence-electron chi connectivity index (χ0n) is 12.6. The van der Waals surface area contributed by atoms with Crippen molar-refractivity contribution in [2.24, 2.45) is 4.99 Å². The fourth-order valence-electron chi connectivity index (χ4n) is 3.60. The summed E-state index contributed by atoms with van der Waals surface area (Å²) in [4.78, 5) is 20.2. The van der Waals surface area contributed by atoms with Crippen LogP contribution in [-0.4, -0.2) is 21.9 Å². The van der Waals surface area contributed by atoms with Gasteiger partial charge in [-0.2, -0.15) is 18.2 Å². The molecule has 0 bridgehead atoms. The summed E-state index contributed by atoms with van der Waals surface area (Å²) < 4.78 is 40.2. The lowest BCUT2D eigenvalue weighted by molar-refractivity contribution is -0.141. The normalized spacial score (nSPS) is 21.9. The minimum atomic E-state index is -4.65. The van der Waals surface area contributed by atoms with Gasteiger partial charge >= 0.3 is 6.18 Å². The van der Waals surface area contributed by atoms with Gasteiger partial charge in [-0.05, 0) is 42.2 Å². The predicted octanol–water partition coefficient (Wildman–Crippen LogP) is 3.94. The fraction of sp³-hybridized carbons (Fsp3) is 0.235. The molecule has 2 aliphatic rings. The highest BCUT2D eigenvalue weighted by Gasteiger charge is 2.53. The number of aromatic nitrogens is 1. The minimum Gasteiger partial charge on any atom is -0.493 e. The van der Waals surface area contributed by atoms with Crippen molar-refractivity contribution in [2.45, 2.75) is 24.4 Å². The van der Waals surface area contributed by atoms with Crippen LogP contribution in [0.1, 0.15) is 34.5 Å². The van der Waals surface area contributed by atoms with Gasteiger partial charge < -0.3 is 5.11 Å². The molecule has 1 amide bonds. The number of carbonyl (C=O) groups excluding carboxylic acids is 1. The van der Waals surface area contributed by atoms with Crippen LogP contribution in [0.15, 0.2) is 39.8 Å². The van der Waals surface area contributed by atoms with Crippen LogP contribution in [0.2, 0.25) is 0 Å². The predicted molar refractivity (Wildman–Crippen MR) is 86.7 cm³/mol. The van der Waals surface area contributed by atoms with Gasteiger partial charge in [0.2, 0.25) is 5.90 Å². The Kier molecular flexibility index (Phi) is 3.34. The molecular formula is C17H10BrF3N2O2. The zero-order valence-corrected chi connectivity index (χ0v) is 14.1. The molecule has 1 atom stereocenters. The number of fused-ring (bicyclic) bond motifs is 4. The minimum absolute atomic E-state index is 0.0559. The number of nitrogens with zero attached hydrogens (tertiary/aromatic N) is 2. The van der Waals surface area contributed by atoms with Crippen molar-refractivity contribution in [3.8, 4) is 0 Å². The molecule has 1 unspecified atom stereocenters. The summed E-state index contributed by atoms with van der Waals surface area (Å²) in [5.74, 6) is -1.29. The van der Waals surface area contributed by atoms with Crippen molar-refractivity contribution >= 4 is 27.7 Å². The first-order valence-corrected chi connectivity index (χ1v) is 8.23. The number of benzene rings is 1. The van der Waals surface area contributed by atoms with Gasteiger partial charge in [-0.25, -0.2) is 4.98 Å². The smallest absolute Gasteiger partial charge is 0.433 e. The molecule has 25 heavy (non-hydrogen) atoms. The summed E-state index contributed by atoms with van der Waals surface area (Å²) in [6.45, 7) is 0. The summed E-state index contributed by atoms with van der Waals surface area (Å²) in [7, 11) is 0. The second-order valence-corrected chi connectivity index (χ2v) is 6.86. The van der Waals surface area contributed by atoms with Crippen LogP contribution >= 0.6 is 15.9 Å². The van der Waals surface area contributed by atoms with E-state index in [1.807, 2.05) is 6.07 Å². The number of aliphatic hydroxyl groups is 1. The summed E-state index contributed by atoms with van der Waals surface area (Å²) >= 11 is 3.42. The molecule has 4 rings (SSSR count). The average molecular weight is 411 g/mol. The number of halogens is 4. The maximum Gasteiger partial charge on any atom is 0.433 e. The first-order valence-electron chi connectivity index (χ1n) is 7.44. The van der Waals surface area contributed by atoms with E-state index >= 15 is 0 Å². The topological polar surface area (TPSA) is 62.5 Å². The van der Waals surface area contributed by atoms with Gasteiger partial charge in [-0.1, -0.05) is 28.1 Å². The molecule has 0 saturated heterocycles. The summed E-state index contributed by atoms with van der Waals surface area (Å²) in [5.41, 5.74) is -1.11. The van der Waals surface area contributed by atoms with Crippen molar-refractivity contribution in [1.29, 1.82) is 0 Å². The van der Waals surface area contributed by atoms with E-state index < -0.39 is 29.1 Å². The molecule has 0 saturated carbocycles. The third kappa shape index (κ3) is 2.16. The number of aliphatic imine (C=N–C) groups is 1. The zero-order chi connectivity index (χ0) is 18.0. The van der Waals surface area contributed by atoms with Gasteiger partial charge in [-0.3, -0.25) is 4.79 Å². The van der Waals surface area contributed by atoms with Crippen LogP contribution < -0.4 is 0 Å². The Morgan fingerprint density at radius 2 is 1.96 bits per heavy atom. The van der Waals surface area contributed by atoms with Crippen LogP contribution in [0.25, 0.3) is 0 Å². The van der Waals surface area contributed by atoms with Crippen LogP contribution in [0.4, 0.5) is 13.2 Å². The molecule has 8 heteroatoms. The third-order valence-electron chi connectivity index (χ3n) is 4.73. The summed E-state index contributed by atoms with van der Waals surface area (Å²) in [6.07, 6.45) is -3.90. The molecule has 1 aliphatic carbocycles. The number of hydrogen-bond acceptors (Lipinski definition) is 2. The molecule has 1 aromatic heterocycles. The lowest BCUT2D eigenvalue weighted by atomic mass is 9.74. The molecule has 1 aromatic carbocycles. The highest BCUT2D eigenvalue weighted by Crippen LogP contribution is 2.49. The SMILES string of the molecule is O=C1N=C(O)c2ccc(C(F)(F)F)nc2C12CCc1c(Br)cccc12. The van der Waals surface area contributed by atoms with Crippen molar-refractivity contribution in [2.75, 3.05) is 0 Å². The maximum atomic E-state index is 13.1. The van der Waals surface area contributed by atoms with Crippen molar-refractivity contribution < 1.29 is 23.1 Å². The van der Waals surface area contributed by atoms with E-state index in [4.69, 9.17) is 0 Å². The number of rotatable bonds is 0. The molecular weight excluding hydrogens is 401 g/mol. The van der Waals surface area contributed by atoms with E-state index in [0.29, 0.717) is 12.0 Å². The fourth-order valence-corrected chi connectivity index (χ4v) is 4.17. The Balaban J connectivity index is 2.05. The van der Waals surface area contributed by atoms with E-state index in [1.54, 1.807) is 12.1 Å². The quantitative estimate of drug-likeness (QED) is 0.715. The molecule has 1 N–H and O–H groups in total. The molecule has 128 valence electrons. The van der Waals surface area contributed by atoms with E-state index in [-0.39, 0.29) is 17.7 Å². The Morgan fingerprint density at radius 1 is 1.20 bits per heavy atom. The van der Waals surface area contributed by atoms with Crippen molar-refractivity contribution in [3.05, 3.63) is 62.9 Å². The lowest BCUT2D eigenvalue weighted by Gasteiger charge is -2.31. The van der Waals surface area contributed by atoms with Gasteiger partial charge in [0.05, 0.1) is 11.3 Å². The van der Waals surface area contributed by atoms with Gasteiger partial charge in [0, 0.05) is 4.47 Å². The average Bonchev–Trinajstić information content (AvgIpc) is 2.94. The largest absolute Gasteiger partial charge is 0.493 e. The Labute approximate surface area is 148 Å². The molecule has 2 heterocycles. The number of amides is 1. The van der Waals surface area contributed by atoms with Crippen LogP contribution in [0, 0.1) is 0 Å². The lowest BCUT2D eigenvalue weighted by Crippen LogP contribution is -2.41. The number of alkyl halides is 3. The molecule has 4 nitrogen and oxygen atoms in total. The van der Waals surface area contributed by atoms with Crippen molar-refractivity contribution in [1.82, 2.24) is 4.98 Å². The summed E-state index contributed by atoms with van der Waals surface area (Å²) in [6, 6.07) is 7.13. The van der Waals surface area contributed by atoms with Gasteiger partial charge in [0.1, 0.15) is 11.1 Å². The van der Waals surface area contributed by atoms with Crippen LogP contribution in [-0.2, 0) is 22.8 Å². The van der Waals surface area contributed by atoms with Crippen molar-refractivity contribution in [3.63, 3.8) is 0 Å². The number of aliphatic hydroxyl groups excluding tert-OH is 1. The molecule has 0 radical (unpaired) electrons. The van der Waals surface area contributed by atoms with E-state index in [0.717, 1.165) is 22.2 Å². The monoisotopic (exact) mass is 410 g/mol. The summed E-state index contributed by atoms with van der Waals surface area (Å²) in [5, 5.41) is 9.97. The molecule has 0 fully saturated rings. The van der Waals surface area contributed by atoms with Gasteiger partial charge in [0.15, 0.2) is 0 Å². The maximum absolute atomic E-state index is 13.1. The van der Waals surface area contributed by atoms with Crippen LogP contribution in [0.3, 0.4) is 0 Å². The molecule has 1 aliphatic heterocycles. The number of pyridine rings is 1. The van der Waals surface area contributed by atoms with Crippen LogP contribution in [0.5, 0.6) is 0 Å². The van der Waals surface area contributed by atoms with E-state index in [9.17, 15) is 23.1 Å².